The minimum Gasteiger partial charge on any atom is -0.481 e. The molecule has 2 rings (SSSR count). The second-order valence-electron chi connectivity index (χ2n) is 3.88. The Balaban J connectivity index is 1.94. The molecule has 0 spiro atoms. The van der Waals surface area contributed by atoms with Gasteiger partial charge in [-0.3, -0.25) is 4.79 Å². The van der Waals surface area contributed by atoms with E-state index in [0.717, 1.165) is 18.9 Å². The third-order valence-corrected chi connectivity index (χ3v) is 2.64. The Morgan fingerprint density at radius 3 is 2.71 bits per heavy atom. The van der Waals surface area contributed by atoms with Crippen LogP contribution in [0.5, 0.6) is 0 Å². The summed E-state index contributed by atoms with van der Waals surface area (Å²) >= 11 is 0. The van der Waals surface area contributed by atoms with Gasteiger partial charge in [0.25, 0.3) is 0 Å². The van der Waals surface area contributed by atoms with Gasteiger partial charge in [0.05, 0.1) is 25.3 Å². The lowest BCUT2D eigenvalue weighted by Crippen LogP contribution is -2.36. The Morgan fingerprint density at radius 1 is 1.35 bits per heavy atom. The summed E-state index contributed by atoms with van der Waals surface area (Å²) < 4.78 is 5.25. The summed E-state index contributed by atoms with van der Waals surface area (Å²) in [6.45, 7) is 3.07. The van der Waals surface area contributed by atoms with E-state index >= 15 is 0 Å². The molecule has 6 nitrogen and oxygen atoms in total. The van der Waals surface area contributed by atoms with Gasteiger partial charge < -0.3 is 14.7 Å². The highest BCUT2D eigenvalue weighted by molar-refractivity contribution is 5.66. The number of carbonyl (C=O) groups is 1. The van der Waals surface area contributed by atoms with Gasteiger partial charge in [0, 0.05) is 19.5 Å². The molecule has 1 saturated heterocycles. The van der Waals surface area contributed by atoms with Crippen LogP contribution in [0.2, 0.25) is 0 Å². The summed E-state index contributed by atoms with van der Waals surface area (Å²) in [5.74, 6) is 0.0106. The molecular weight excluding hydrogens is 222 g/mol. The van der Waals surface area contributed by atoms with E-state index in [1.54, 1.807) is 0 Å². The zero-order valence-electron chi connectivity index (χ0n) is 9.50. The Hall–Kier alpha value is -1.69. The summed E-state index contributed by atoms with van der Waals surface area (Å²) in [5, 5.41) is 16.7. The van der Waals surface area contributed by atoms with E-state index in [1.807, 2.05) is 12.1 Å². The molecule has 1 N–H and O–H groups in total. The molecule has 0 aromatic carbocycles. The van der Waals surface area contributed by atoms with Crippen molar-refractivity contribution in [3.63, 3.8) is 0 Å². The number of hydrogen-bond donors (Lipinski definition) is 1. The van der Waals surface area contributed by atoms with Crippen LogP contribution >= 0.6 is 0 Å². The fourth-order valence-corrected chi connectivity index (χ4v) is 1.68. The van der Waals surface area contributed by atoms with E-state index in [2.05, 4.69) is 15.1 Å². The average molecular weight is 237 g/mol. The number of rotatable bonds is 4. The van der Waals surface area contributed by atoms with Gasteiger partial charge in [0.15, 0.2) is 5.82 Å². The highest BCUT2D eigenvalue weighted by Crippen LogP contribution is 2.11. The van der Waals surface area contributed by atoms with Gasteiger partial charge in [-0.25, -0.2) is 0 Å². The molecule has 0 atom stereocenters. The molecule has 0 bridgehead atoms. The molecule has 1 fully saturated rings. The SMILES string of the molecule is O=C(O)CCc1ccc(N2CCOCC2)nn1. The van der Waals surface area contributed by atoms with Crippen molar-refractivity contribution in [2.45, 2.75) is 12.8 Å². The van der Waals surface area contributed by atoms with Crippen LogP contribution in [0.4, 0.5) is 5.82 Å². The van der Waals surface area contributed by atoms with Crippen molar-refractivity contribution in [3.05, 3.63) is 17.8 Å². The summed E-state index contributed by atoms with van der Waals surface area (Å²) in [6, 6.07) is 3.72. The van der Waals surface area contributed by atoms with Crippen molar-refractivity contribution < 1.29 is 14.6 Å². The van der Waals surface area contributed by atoms with Crippen molar-refractivity contribution in [2.75, 3.05) is 31.2 Å². The standard InChI is InChI=1S/C11H15N3O3/c15-11(16)4-2-9-1-3-10(13-12-9)14-5-7-17-8-6-14/h1,3H,2,4-8H2,(H,15,16). The highest BCUT2D eigenvalue weighted by Gasteiger charge is 2.12. The van der Waals surface area contributed by atoms with E-state index in [0.29, 0.717) is 25.3 Å². The fraction of sp³-hybridized carbons (Fsp3) is 0.545. The Kier molecular flexibility index (Phi) is 3.87. The number of aliphatic carboxylic acids is 1. The van der Waals surface area contributed by atoms with Gasteiger partial charge in [0.1, 0.15) is 0 Å². The number of aryl methyl sites for hydroxylation is 1. The minimum atomic E-state index is -0.816. The largest absolute Gasteiger partial charge is 0.481 e. The fourth-order valence-electron chi connectivity index (χ4n) is 1.68. The van der Waals surface area contributed by atoms with Crippen LogP contribution in [0.1, 0.15) is 12.1 Å². The predicted molar refractivity (Wildman–Crippen MR) is 61.0 cm³/mol. The normalized spacial score (nSPS) is 15.9. The summed E-state index contributed by atoms with van der Waals surface area (Å²) in [5.41, 5.74) is 0.712. The molecule has 0 aliphatic carbocycles. The number of morpholine rings is 1. The number of aromatic nitrogens is 2. The van der Waals surface area contributed by atoms with Gasteiger partial charge in [-0.05, 0) is 12.1 Å². The van der Waals surface area contributed by atoms with Crippen molar-refractivity contribution in [2.24, 2.45) is 0 Å². The van der Waals surface area contributed by atoms with Gasteiger partial charge in [-0.15, -0.1) is 5.10 Å². The average Bonchev–Trinajstić information content (AvgIpc) is 2.38. The number of nitrogens with zero attached hydrogens (tertiary/aromatic N) is 3. The van der Waals surface area contributed by atoms with E-state index in [1.165, 1.54) is 0 Å². The first-order valence-corrected chi connectivity index (χ1v) is 5.63. The molecular formula is C11H15N3O3. The molecule has 0 saturated carbocycles. The lowest BCUT2D eigenvalue weighted by Gasteiger charge is -2.27. The molecule has 17 heavy (non-hydrogen) atoms. The van der Waals surface area contributed by atoms with Gasteiger partial charge in [0.2, 0.25) is 0 Å². The smallest absolute Gasteiger partial charge is 0.303 e. The summed E-state index contributed by atoms with van der Waals surface area (Å²) in [4.78, 5) is 12.5. The maximum atomic E-state index is 10.4. The maximum Gasteiger partial charge on any atom is 0.303 e. The quantitative estimate of drug-likeness (QED) is 0.813. The second kappa shape index (κ2) is 5.58. The number of hydrogen-bond acceptors (Lipinski definition) is 5. The Labute approximate surface area is 99.2 Å². The first-order valence-electron chi connectivity index (χ1n) is 5.63. The number of carboxylic acids is 1. The Morgan fingerprint density at radius 2 is 2.12 bits per heavy atom. The molecule has 0 amide bonds. The van der Waals surface area contributed by atoms with Crippen LogP contribution in [0.3, 0.4) is 0 Å². The zero-order valence-corrected chi connectivity index (χ0v) is 9.50. The second-order valence-corrected chi connectivity index (χ2v) is 3.88. The first-order chi connectivity index (χ1) is 8.25. The Bertz CT molecular complexity index is 374. The molecule has 1 aliphatic heterocycles. The lowest BCUT2D eigenvalue weighted by atomic mass is 10.2. The van der Waals surface area contributed by atoms with Crippen molar-refractivity contribution in [1.29, 1.82) is 0 Å². The molecule has 6 heteroatoms. The number of anilines is 1. The monoisotopic (exact) mass is 237 g/mol. The third-order valence-electron chi connectivity index (χ3n) is 2.64. The molecule has 1 aliphatic rings. The molecule has 0 radical (unpaired) electrons. The molecule has 1 aromatic rings. The van der Waals surface area contributed by atoms with Crippen LogP contribution in [0.25, 0.3) is 0 Å². The molecule has 2 heterocycles. The third kappa shape index (κ3) is 3.39. The van der Waals surface area contributed by atoms with Gasteiger partial charge >= 0.3 is 5.97 Å². The zero-order chi connectivity index (χ0) is 12.1. The summed E-state index contributed by atoms with van der Waals surface area (Å²) in [7, 11) is 0. The maximum absolute atomic E-state index is 10.4. The minimum absolute atomic E-state index is 0.0889. The van der Waals surface area contributed by atoms with Crippen LogP contribution in [0, 0.1) is 0 Å². The van der Waals surface area contributed by atoms with Crippen molar-refractivity contribution in [1.82, 2.24) is 10.2 Å². The van der Waals surface area contributed by atoms with Crippen molar-refractivity contribution >= 4 is 11.8 Å². The molecule has 0 unspecified atom stereocenters. The van der Waals surface area contributed by atoms with E-state index in [-0.39, 0.29) is 6.42 Å². The van der Waals surface area contributed by atoms with Crippen LogP contribution in [-0.4, -0.2) is 47.6 Å². The number of ether oxygens (including phenoxy) is 1. The predicted octanol–water partition coefficient (Wildman–Crippen LogP) is 0.330. The number of carboxylic acid groups (broad SMARTS) is 1. The van der Waals surface area contributed by atoms with Crippen LogP contribution in [0.15, 0.2) is 12.1 Å². The van der Waals surface area contributed by atoms with Gasteiger partial charge in [-0.1, -0.05) is 0 Å². The van der Waals surface area contributed by atoms with E-state index < -0.39 is 5.97 Å². The van der Waals surface area contributed by atoms with Gasteiger partial charge in [-0.2, -0.15) is 5.10 Å². The first kappa shape index (κ1) is 11.8. The highest BCUT2D eigenvalue weighted by atomic mass is 16.5. The topological polar surface area (TPSA) is 75.5 Å². The lowest BCUT2D eigenvalue weighted by molar-refractivity contribution is -0.136. The van der Waals surface area contributed by atoms with E-state index in [4.69, 9.17) is 9.84 Å². The summed E-state index contributed by atoms with van der Waals surface area (Å²) in [6.07, 6.45) is 0.511. The molecule has 92 valence electrons. The van der Waals surface area contributed by atoms with Crippen LogP contribution < -0.4 is 4.90 Å². The van der Waals surface area contributed by atoms with Crippen molar-refractivity contribution in [3.8, 4) is 0 Å². The van der Waals surface area contributed by atoms with Crippen LogP contribution in [-0.2, 0) is 16.0 Å². The van der Waals surface area contributed by atoms with E-state index in [9.17, 15) is 4.79 Å². The molecule has 1 aromatic heterocycles.